The molecule has 4 rings (SSSR count). The zero-order valence-electron chi connectivity index (χ0n) is 14.7. The number of benzene rings is 1. The van der Waals surface area contributed by atoms with Gasteiger partial charge in [0.2, 0.25) is 11.8 Å². The van der Waals surface area contributed by atoms with Crippen molar-refractivity contribution in [1.29, 1.82) is 0 Å². The molecule has 2 aromatic rings. The molecule has 1 aliphatic heterocycles. The number of hydrogen-bond acceptors (Lipinski definition) is 6. The van der Waals surface area contributed by atoms with Crippen LogP contribution in [0.3, 0.4) is 0 Å². The van der Waals surface area contributed by atoms with Gasteiger partial charge >= 0.3 is 0 Å². The third kappa shape index (κ3) is 2.83. The molecule has 1 saturated carbocycles. The molecule has 25 heavy (non-hydrogen) atoms. The largest absolute Gasteiger partial charge is 0.497 e. The molecule has 2 aliphatic rings. The van der Waals surface area contributed by atoms with Crippen LogP contribution in [0.15, 0.2) is 28.8 Å². The Hall–Kier alpha value is -2.57. The van der Waals surface area contributed by atoms with E-state index in [4.69, 9.17) is 9.26 Å². The number of methoxy groups -OCH3 is 1. The highest BCUT2D eigenvalue weighted by atomic mass is 16.5. The topological polar surface area (TPSA) is 71.7 Å². The average Bonchev–Trinajstić information content (AvgIpc) is 3.20. The number of rotatable bonds is 5. The van der Waals surface area contributed by atoms with E-state index in [9.17, 15) is 4.79 Å². The molecule has 2 atom stereocenters. The van der Waals surface area contributed by atoms with Gasteiger partial charge in [-0.15, -0.1) is 0 Å². The molecule has 7 heteroatoms. The van der Waals surface area contributed by atoms with Gasteiger partial charge in [-0.2, -0.15) is 4.98 Å². The standard InChI is InChI=1S/C18H22N4O3/c1-21(2)18-19-17(25-20-18)14-10-15(23)22(12-7-8-12)16(14)11-5-4-6-13(9-11)24-3/h4-6,9,12,14,16H,7-8,10H2,1-3H3. The van der Waals surface area contributed by atoms with Crippen LogP contribution in [-0.2, 0) is 4.79 Å². The van der Waals surface area contributed by atoms with E-state index < -0.39 is 0 Å². The average molecular weight is 342 g/mol. The molecule has 2 fully saturated rings. The summed E-state index contributed by atoms with van der Waals surface area (Å²) in [5.74, 6) is 1.85. The number of anilines is 1. The van der Waals surface area contributed by atoms with Crippen LogP contribution in [0.4, 0.5) is 5.95 Å². The molecular weight excluding hydrogens is 320 g/mol. The van der Waals surface area contributed by atoms with Gasteiger partial charge in [0.1, 0.15) is 5.75 Å². The van der Waals surface area contributed by atoms with E-state index in [0.717, 1.165) is 24.2 Å². The number of ether oxygens (including phenoxy) is 1. The number of nitrogens with zero attached hydrogens (tertiary/aromatic N) is 4. The van der Waals surface area contributed by atoms with Crippen molar-refractivity contribution in [2.45, 2.75) is 37.3 Å². The summed E-state index contributed by atoms with van der Waals surface area (Å²) in [5.41, 5.74) is 1.05. The van der Waals surface area contributed by atoms with E-state index in [1.807, 2.05) is 43.3 Å². The zero-order chi connectivity index (χ0) is 17.6. The summed E-state index contributed by atoms with van der Waals surface area (Å²) < 4.78 is 10.9. The Kier molecular flexibility index (Phi) is 3.86. The molecule has 1 aromatic heterocycles. The van der Waals surface area contributed by atoms with Crippen molar-refractivity contribution in [2.24, 2.45) is 0 Å². The summed E-state index contributed by atoms with van der Waals surface area (Å²) in [7, 11) is 5.38. The fraction of sp³-hybridized carbons (Fsp3) is 0.500. The van der Waals surface area contributed by atoms with Crippen LogP contribution in [0.1, 0.15) is 42.7 Å². The molecule has 1 aromatic carbocycles. The molecule has 2 unspecified atom stereocenters. The second-order valence-electron chi connectivity index (χ2n) is 6.89. The Balaban J connectivity index is 1.74. The van der Waals surface area contributed by atoms with Crippen LogP contribution < -0.4 is 9.64 Å². The lowest BCUT2D eigenvalue weighted by Crippen LogP contribution is -2.30. The minimum Gasteiger partial charge on any atom is -0.497 e. The second kappa shape index (κ2) is 6.06. The van der Waals surface area contributed by atoms with E-state index in [-0.39, 0.29) is 17.9 Å². The van der Waals surface area contributed by atoms with Crippen LogP contribution >= 0.6 is 0 Å². The Bertz CT molecular complexity index is 784. The van der Waals surface area contributed by atoms with Crippen molar-refractivity contribution in [2.75, 3.05) is 26.1 Å². The van der Waals surface area contributed by atoms with Crippen LogP contribution in [0.2, 0.25) is 0 Å². The van der Waals surface area contributed by atoms with Gasteiger partial charge in [-0.1, -0.05) is 12.1 Å². The van der Waals surface area contributed by atoms with Gasteiger partial charge in [0, 0.05) is 26.6 Å². The molecular formula is C18H22N4O3. The molecule has 7 nitrogen and oxygen atoms in total. The molecule has 0 bridgehead atoms. The monoisotopic (exact) mass is 342 g/mol. The quantitative estimate of drug-likeness (QED) is 0.831. The molecule has 132 valence electrons. The highest BCUT2D eigenvalue weighted by Crippen LogP contribution is 2.49. The Labute approximate surface area is 146 Å². The maximum Gasteiger partial charge on any atom is 0.265 e. The number of aromatic nitrogens is 2. The highest BCUT2D eigenvalue weighted by Gasteiger charge is 2.49. The molecule has 1 aliphatic carbocycles. The number of carbonyl (C=O) groups is 1. The van der Waals surface area contributed by atoms with Gasteiger partial charge in [0.15, 0.2) is 0 Å². The second-order valence-corrected chi connectivity index (χ2v) is 6.89. The molecule has 0 spiro atoms. The van der Waals surface area contributed by atoms with Crippen LogP contribution in [-0.4, -0.2) is 48.2 Å². The van der Waals surface area contributed by atoms with Gasteiger partial charge in [-0.25, -0.2) is 0 Å². The fourth-order valence-electron chi connectivity index (χ4n) is 3.54. The van der Waals surface area contributed by atoms with Crippen LogP contribution in [0.25, 0.3) is 0 Å². The first-order valence-electron chi connectivity index (χ1n) is 8.54. The lowest BCUT2D eigenvalue weighted by atomic mass is 9.93. The summed E-state index contributed by atoms with van der Waals surface area (Å²) in [4.78, 5) is 21.0. The van der Waals surface area contributed by atoms with Crippen molar-refractivity contribution in [3.8, 4) is 5.75 Å². The van der Waals surface area contributed by atoms with Gasteiger partial charge < -0.3 is 19.1 Å². The lowest BCUT2D eigenvalue weighted by molar-refractivity contribution is -0.129. The molecule has 0 N–H and O–H groups in total. The predicted molar refractivity (Wildman–Crippen MR) is 91.6 cm³/mol. The first-order valence-corrected chi connectivity index (χ1v) is 8.54. The molecule has 0 radical (unpaired) electrons. The van der Waals surface area contributed by atoms with Crippen molar-refractivity contribution in [3.63, 3.8) is 0 Å². The van der Waals surface area contributed by atoms with Crippen LogP contribution in [0, 0.1) is 0 Å². The van der Waals surface area contributed by atoms with E-state index in [0.29, 0.717) is 24.3 Å². The Morgan fingerprint density at radius 2 is 2.12 bits per heavy atom. The molecule has 2 heterocycles. The van der Waals surface area contributed by atoms with Crippen LogP contribution in [0.5, 0.6) is 5.75 Å². The lowest BCUT2D eigenvalue weighted by Gasteiger charge is -2.27. The van der Waals surface area contributed by atoms with Gasteiger partial charge in [-0.05, 0) is 35.7 Å². The SMILES string of the molecule is COc1cccc(C2C(c3nc(N(C)C)no3)CC(=O)N2C2CC2)c1. The summed E-state index contributed by atoms with van der Waals surface area (Å²) in [6.45, 7) is 0. The van der Waals surface area contributed by atoms with Gasteiger partial charge in [-0.3, -0.25) is 4.79 Å². The van der Waals surface area contributed by atoms with Crippen molar-refractivity contribution >= 4 is 11.9 Å². The molecule has 1 amide bonds. The number of carbonyl (C=O) groups excluding carboxylic acids is 1. The van der Waals surface area contributed by atoms with E-state index in [2.05, 4.69) is 10.1 Å². The Morgan fingerprint density at radius 3 is 2.76 bits per heavy atom. The first kappa shape index (κ1) is 15.9. The highest BCUT2D eigenvalue weighted by molar-refractivity contribution is 5.81. The summed E-state index contributed by atoms with van der Waals surface area (Å²) in [5, 5.41) is 4.02. The minimum atomic E-state index is -0.138. The fourth-order valence-corrected chi connectivity index (χ4v) is 3.54. The summed E-state index contributed by atoms with van der Waals surface area (Å²) >= 11 is 0. The van der Waals surface area contributed by atoms with E-state index >= 15 is 0 Å². The number of hydrogen-bond donors (Lipinski definition) is 0. The third-order valence-corrected chi connectivity index (χ3v) is 4.89. The van der Waals surface area contributed by atoms with Gasteiger partial charge in [0.25, 0.3) is 5.95 Å². The van der Waals surface area contributed by atoms with Gasteiger partial charge in [0.05, 0.1) is 19.1 Å². The number of amides is 1. The zero-order valence-corrected chi connectivity index (χ0v) is 14.7. The maximum atomic E-state index is 12.7. The summed E-state index contributed by atoms with van der Waals surface area (Å²) in [6.07, 6.45) is 2.52. The maximum absolute atomic E-state index is 12.7. The smallest absolute Gasteiger partial charge is 0.265 e. The third-order valence-electron chi connectivity index (χ3n) is 4.89. The first-order chi connectivity index (χ1) is 12.1. The Morgan fingerprint density at radius 1 is 1.32 bits per heavy atom. The van der Waals surface area contributed by atoms with E-state index in [1.54, 1.807) is 12.0 Å². The molecule has 1 saturated heterocycles. The predicted octanol–water partition coefficient (Wildman–Crippen LogP) is 2.36. The van der Waals surface area contributed by atoms with Crippen molar-refractivity contribution in [3.05, 3.63) is 35.7 Å². The minimum absolute atomic E-state index is 0.0921. The normalized spacial score (nSPS) is 23.2. The van der Waals surface area contributed by atoms with E-state index in [1.165, 1.54) is 0 Å². The number of likely N-dealkylation sites (tertiary alicyclic amines) is 1. The van der Waals surface area contributed by atoms with Crippen molar-refractivity contribution < 1.29 is 14.1 Å². The summed E-state index contributed by atoms with van der Waals surface area (Å²) in [6, 6.07) is 8.13. The van der Waals surface area contributed by atoms with Crippen molar-refractivity contribution in [1.82, 2.24) is 15.0 Å².